The molecule has 7 heteroatoms. The number of para-hydroxylation sites is 2. The van der Waals surface area contributed by atoms with E-state index in [4.69, 9.17) is 0 Å². The Morgan fingerprint density at radius 1 is 1.45 bits per heavy atom. The average molecular weight is 330 g/mol. The Hall–Kier alpha value is -1.50. The van der Waals surface area contributed by atoms with E-state index in [1.54, 1.807) is 18.2 Å². The topological polar surface area (TPSA) is 41.6 Å². The van der Waals surface area contributed by atoms with Gasteiger partial charge in [0, 0.05) is 19.1 Å². The van der Waals surface area contributed by atoms with Gasteiger partial charge in [0.25, 0.3) is 0 Å². The summed E-state index contributed by atoms with van der Waals surface area (Å²) in [6.07, 6.45) is 2.68. The molecule has 1 aromatic rings. The summed E-state index contributed by atoms with van der Waals surface area (Å²) in [6.45, 7) is 0.304. The van der Waals surface area contributed by atoms with Crippen molar-refractivity contribution in [3.8, 4) is 5.75 Å². The van der Waals surface area contributed by atoms with Crippen LogP contribution in [0.4, 0.5) is 14.5 Å². The Morgan fingerprint density at radius 3 is 2.86 bits per heavy atom. The number of rotatable bonds is 6. The van der Waals surface area contributed by atoms with E-state index in [9.17, 15) is 13.6 Å². The summed E-state index contributed by atoms with van der Waals surface area (Å²) in [5.41, 5.74) is 0.637. The minimum absolute atomic E-state index is 0.0106. The number of hydrogen-bond acceptors (Lipinski definition) is 4. The summed E-state index contributed by atoms with van der Waals surface area (Å²) in [5, 5.41) is 2.91. The van der Waals surface area contributed by atoms with Gasteiger partial charge >= 0.3 is 6.61 Å². The maximum atomic E-state index is 12.5. The van der Waals surface area contributed by atoms with Crippen LogP contribution in [0.15, 0.2) is 24.3 Å². The first-order valence-corrected chi connectivity index (χ1v) is 8.42. The van der Waals surface area contributed by atoms with Gasteiger partial charge in [-0.15, -0.1) is 0 Å². The van der Waals surface area contributed by atoms with E-state index in [1.165, 1.54) is 17.8 Å². The summed E-state index contributed by atoms with van der Waals surface area (Å²) in [4.78, 5) is 13.9. The third-order valence-corrected chi connectivity index (χ3v) is 4.60. The minimum atomic E-state index is -2.85. The number of carbonyl (C=O) groups is 1. The van der Waals surface area contributed by atoms with Gasteiger partial charge in [-0.3, -0.25) is 4.79 Å². The van der Waals surface area contributed by atoms with E-state index in [1.807, 2.05) is 18.1 Å². The average Bonchev–Trinajstić information content (AvgIpc) is 2.94. The zero-order valence-electron chi connectivity index (χ0n) is 12.6. The van der Waals surface area contributed by atoms with Crippen LogP contribution in [-0.4, -0.2) is 43.2 Å². The molecule has 0 radical (unpaired) electrons. The monoisotopic (exact) mass is 330 g/mol. The minimum Gasteiger partial charge on any atom is -0.433 e. The largest absolute Gasteiger partial charge is 0.433 e. The number of anilines is 1. The first kappa shape index (κ1) is 16.9. The SMILES string of the molecule is CS[C@@H](C)C(=O)N[C@H]1CCN(c2ccccc2OC(F)F)C1. The van der Waals surface area contributed by atoms with Crippen molar-refractivity contribution in [1.29, 1.82) is 0 Å². The number of thioether (sulfide) groups is 1. The van der Waals surface area contributed by atoms with Crippen molar-refractivity contribution in [3.05, 3.63) is 24.3 Å². The summed E-state index contributed by atoms with van der Waals surface area (Å²) in [6, 6.07) is 6.77. The molecule has 122 valence electrons. The predicted octanol–water partition coefficient (Wildman–Crippen LogP) is 2.73. The van der Waals surface area contributed by atoms with E-state index in [0.29, 0.717) is 18.8 Å². The number of amides is 1. The quantitative estimate of drug-likeness (QED) is 0.871. The Labute approximate surface area is 133 Å². The zero-order chi connectivity index (χ0) is 16.1. The van der Waals surface area contributed by atoms with Crippen molar-refractivity contribution in [2.45, 2.75) is 31.2 Å². The van der Waals surface area contributed by atoms with Crippen LogP contribution in [0.1, 0.15) is 13.3 Å². The molecule has 2 atom stereocenters. The number of carbonyl (C=O) groups excluding carboxylic acids is 1. The Balaban J connectivity index is 2.00. The normalized spacial score (nSPS) is 19.3. The van der Waals surface area contributed by atoms with Crippen LogP contribution in [0.2, 0.25) is 0 Å². The maximum absolute atomic E-state index is 12.5. The molecule has 1 saturated heterocycles. The molecule has 4 nitrogen and oxygen atoms in total. The predicted molar refractivity (Wildman–Crippen MR) is 84.8 cm³/mol. The molecule has 1 fully saturated rings. The Bertz CT molecular complexity index is 516. The molecule has 1 amide bonds. The molecule has 0 spiro atoms. The number of hydrogen-bond donors (Lipinski definition) is 1. The lowest BCUT2D eigenvalue weighted by Crippen LogP contribution is -2.40. The van der Waals surface area contributed by atoms with Gasteiger partial charge in [-0.1, -0.05) is 12.1 Å². The zero-order valence-corrected chi connectivity index (χ0v) is 13.4. The molecule has 0 saturated carbocycles. The third-order valence-electron chi connectivity index (χ3n) is 3.68. The molecule has 0 aliphatic carbocycles. The van der Waals surface area contributed by atoms with Crippen LogP contribution in [0.3, 0.4) is 0 Å². The van der Waals surface area contributed by atoms with Crippen LogP contribution in [-0.2, 0) is 4.79 Å². The standard InChI is InChI=1S/C15H20F2N2O2S/c1-10(22-2)14(20)18-11-7-8-19(9-11)12-5-3-4-6-13(12)21-15(16)17/h3-6,10-11,15H,7-9H2,1-2H3,(H,18,20)/t10-,11-/m0/s1. The van der Waals surface area contributed by atoms with Crippen molar-refractivity contribution in [3.63, 3.8) is 0 Å². The molecule has 2 rings (SSSR count). The van der Waals surface area contributed by atoms with Gasteiger partial charge in [-0.2, -0.15) is 20.5 Å². The summed E-state index contributed by atoms with van der Waals surface area (Å²) in [7, 11) is 0. The number of ether oxygens (including phenoxy) is 1. The van der Waals surface area contributed by atoms with Gasteiger partial charge in [0.2, 0.25) is 5.91 Å². The molecule has 0 bridgehead atoms. The highest BCUT2D eigenvalue weighted by molar-refractivity contribution is 7.99. The lowest BCUT2D eigenvalue weighted by Gasteiger charge is -2.22. The van der Waals surface area contributed by atoms with Crippen molar-refractivity contribution >= 4 is 23.4 Å². The lowest BCUT2D eigenvalue weighted by molar-refractivity contribution is -0.120. The molecule has 1 aromatic carbocycles. The Kier molecular flexibility index (Phi) is 5.88. The molecule has 0 aromatic heterocycles. The molecule has 1 heterocycles. The Morgan fingerprint density at radius 2 is 2.18 bits per heavy atom. The number of benzene rings is 1. The number of alkyl halides is 2. The van der Waals surface area contributed by atoms with Crippen molar-refractivity contribution in [2.24, 2.45) is 0 Å². The molecule has 1 N–H and O–H groups in total. The highest BCUT2D eigenvalue weighted by Crippen LogP contribution is 2.31. The number of nitrogens with one attached hydrogen (secondary N) is 1. The first-order valence-electron chi connectivity index (χ1n) is 7.13. The van der Waals surface area contributed by atoms with Gasteiger partial charge in [0.15, 0.2) is 0 Å². The maximum Gasteiger partial charge on any atom is 0.387 e. The van der Waals surface area contributed by atoms with Gasteiger partial charge in [0.05, 0.1) is 10.9 Å². The van der Waals surface area contributed by atoms with E-state index in [-0.39, 0.29) is 22.9 Å². The number of nitrogens with zero attached hydrogens (tertiary/aromatic N) is 1. The fourth-order valence-corrected chi connectivity index (χ4v) is 2.72. The molecule has 1 aliphatic rings. The van der Waals surface area contributed by atoms with Crippen molar-refractivity contribution in [2.75, 3.05) is 24.2 Å². The molecular weight excluding hydrogens is 310 g/mol. The van der Waals surface area contributed by atoms with Crippen LogP contribution < -0.4 is 15.0 Å². The highest BCUT2D eigenvalue weighted by Gasteiger charge is 2.27. The van der Waals surface area contributed by atoms with Gasteiger partial charge in [-0.05, 0) is 31.7 Å². The second-order valence-electron chi connectivity index (χ2n) is 5.16. The van der Waals surface area contributed by atoms with Crippen molar-refractivity contribution < 1.29 is 18.3 Å². The highest BCUT2D eigenvalue weighted by atomic mass is 32.2. The molecule has 22 heavy (non-hydrogen) atoms. The van der Waals surface area contributed by atoms with Crippen molar-refractivity contribution in [1.82, 2.24) is 5.32 Å². The van der Waals surface area contributed by atoms with E-state index in [0.717, 1.165) is 6.42 Å². The fourth-order valence-electron chi connectivity index (χ4n) is 2.44. The van der Waals surface area contributed by atoms with Crippen LogP contribution in [0, 0.1) is 0 Å². The van der Waals surface area contributed by atoms with Gasteiger partial charge < -0.3 is 15.0 Å². The number of halogens is 2. The first-order chi connectivity index (χ1) is 10.5. The smallest absolute Gasteiger partial charge is 0.387 e. The molecule has 1 aliphatic heterocycles. The fraction of sp³-hybridized carbons (Fsp3) is 0.533. The third kappa shape index (κ3) is 4.25. The molecule has 0 unspecified atom stereocenters. The van der Waals surface area contributed by atoms with Gasteiger partial charge in [0.1, 0.15) is 5.75 Å². The second-order valence-corrected chi connectivity index (χ2v) is 6.34. The van der Waals surface area contributed by atoms with Crippen LogP contribution >= 0.6 is 11.8 Å². The van der Waals surface area contributed by atoms with Gasteiger partial charge in [-0.25, -0.2) is 0 Å². The second kappa shape index (κ2) is 7.67. The van der Waals surface area contributed by atoms with E-state index >= 15 is 0 Å². The summed E-state index contributed by atoms with van der Waals surface area (Å²) < 4.78 is 29.5. The van der Waals surface area contributed by atoms with Crippen LogP contribution in [0.25, 0.3) is 0 Å². The van der Waals surface area contributed by atoms with Crippen LogP contribution in [0.5, 0.6) is 5.75 Å². The van der Waals surface area contributed by atoms with E-state index in [2.05, 4.69) is 10.1 Å². The lowest BCUT2D eigenvalue weighted by atomic mass is 10.2. The summed E-state index contributed by atoms with van der Waals surface area (Å²) in [5.74, 6) is 0.179. The summed E-state index contributed by atoms with van der Waals surface area (Å²) >= 11 is 1.49. The van der Waals surface area contributed by atoms with E-state index < -0.39 is 6.61 Å². The molecular formula is C15H20F2N2O2S.